The lowest BCUT2D eigenvalue weighted by Gasteiger charge is -2.19. The van der Waals surface area contributed by atoms with Gasteiger partial charge in [-0.25, -0.2) is 4.98 Å². The van der Waals surface area contributed by atoms with E-state index in [0.29, 0.717) is 6.54 Å². The summed E-state index contributed by atoms with van der Waals surface area (Å²) in [5, 5.41) is 2.82. The van der Waals surface area contributed by atoms with Crippen LogP contribution in [0.4, 0.5) is 0 Å². The normalized spacial score (nSPS) is 11.5. The van der Waals surface area contributed by atoms with Gasteiger partial charge in [-0.2, -0.15) is 0 Å². The van der Waals surface area contributed by atoms with Crippen molar-refractivity contribution in [2.24, 2.45) is 0 Å². The van der Waals surface area contributed by atoms with Crippen LogP contribution in [-0.4, -0.2) is 34.1 Å². The maximum absolute atomic E-state index is 13.6. The molecule has 4 rings (SSSR count). The SMILES string of the molecule is CCc1nc2scc(-c3ccc(-c4ccccc4)cc3)c2c(=O)n1CCN(CC)CC. The van der Waals surface area contributed by atoms with Crippen LogP contribution in [0.3, 0.4) is 0 Å². The molecule has 2 aromatic heterocycles. The molecule has 0 aliphatic carbocycles. The minimum absolute atomic E-state index is 0.0809. The van der Waals surface area contributed by atoms with Gasteiger partial charge in [-0.05, 0) is 29.8 Å². The molecule has 0 aliphatic rings. The maximum atomic E-state index is 13.6. The molecule has 2 aromatic carbocycles. The average molecular weight is 432 g/mol. The lowest BCUT2D eigenvalue weighted by atomic mass is 10.0. The molecular weight excluding hydrogens is 402 g/mol. The van der Waals surface area contributed by atoms with Crippen LogP contribution >= 0.6 is 11.3 Å². The summed E-state index contributed by atoms with van der Waals surface area (Å²) in [5.74, 6) is 0.873. The predicted molar refractivity (Wildman–Crippen MR) is 132 cm³/mol. The van der Waals surface area contributed by atoms with Crippen molar-refractivity contribution in [2.45, 2.75) is 33.7 Å². The Morgan fingerprint density at radius 3 is 2.19 bits per heavy atom. The van der Waals surface area contributed by atoms with E-state index in [-0.39, 0.29) is 5.56 Å². The summed E-state index contributed by atoms with van der Waals surface area (Å²) in [6, 6.07) is 18.8. The summed E-state index contributed by atoms with van der Waals surface area (Å²) in [7, 11) is 0. The van der Waals surface area contributed by atoms with Gasteiger partial charge in [-0.1, -0.05) is 75.4 Å². The number of rotatable bonds is 8. The fraction of sp³-hybridized carbons (Fsp3) is 0.308. The Labute approximate surface area is 187 Å². The molecule has 31 heavy (non-hydrogen) atoms. The lowest BCUT2D eigenvalue weighted by molar-refractivity contribution is 0.287. The van der Waals surface area contributed by atoms with Crippen molar-refractivity contribution in [3.63, 3.8) is 0 Å². The van der Waals surface area contributed by atoms with Gasteiger partial charge in [0.2, 0.25) is 0 Å². The number of likely N-dealkylation sites (N-methyl/N-ethyl adjacent to an activating group) is 1. The van der Waals surface area contributed by atoms with Gasteiger partial charge < -0.3 is 4.90 Å². The lowest BCUT2D eigenvalue weighted by Crippen LogP contribution is -2.33. The standard InChI is InChI=1S/C26H29N3OS/c1-4-23-27-25-24(26(30)29(23)17-16-28(5-2)6-3)22(18-31-25)21-14-12-20(13-15-21)19-10-8-7-9-11-19/h7-15,18H,4-6,16-17H2,1-3H3. The molecule has 0 fully saturated rings. The van der Waals surface area contributed by atoms with Gasteiger partial charge in [0.1, 0.15) is 10.7 Å². The molecule has 0 spiro atoms. The molecule has 160 valence electrons. The van der Waals surface area contributed by atoms with Crippen molar-refractivity contribution in [1.82, 2.24) is 14.5 Å². The van der Waals surface area contributed by atoms with Crippen molar-refractivity contribution >= 4 is 21.6 Å². The quantitative estimate of drug-likeness (QED) is 0.359. The molecule has 4 aromatic rings. The Morgan fingerprint density at radius 1 is 0.903 bits per heavy atom. The van der Waals surface area contributed by atoms with Gasteiger partial charge >= 0.3 is 0 Å². The van der Waals surface area contributed by atoms with Crippen molar-refractivity contribution in [3.05, 3.63) is 76.2 Å². The maximum Gasteiger partial charge on any atom is 0.262 e. The van der Waals surface area contributed by atoms with Crippen LogP contribution in [0.5, 0.6) is 0 Å². The second kappa shape index (κ2) is 9.58. The molecule has 0 aliphatic heterocycles. The second-order valence-electron chi connectivity index (χ2n) is 7.64. The van der Waals surface area contributed by atoms with Crippen LogP contribution in [-0.2, 0) is 13.0 Å². The zero-order valence-corrected chi connectivity index (χ0v) is 19.3. The van der Waals surface area contributed by atoms with Crippen molar-refractivity contribution < 1.29 is 0 Å². The third-order valence-corrected chi connectivity index (χ3v) is 6.80. The Kier molecular flexibility index (Phi) is 6.64. The van der Waals surface area contributed by atoms with Crippen LogP contribution in [0.25, 0.3) is 32.5 Å². The predicted octanol–water partition coefficient (Wildman–Crippen LogP) is 5.70. The van der Waals surface area contributed by atoms with Gasteiger partial charge in [0.25, 0.3) is 5.56 Å². The highest BCUT2D eigenvalue weighted by Gasteiger charge is 2.17. The van der Waals surface area contributed by atoms with Gasteiger partial charge in [-0.15, -0.1) is 11.3 Å². The number of aryl methyl sites for hydroxylation is 1. The van der Waals surface area contributed by atoms with E-state index in [0.717, 1.165) is 53.2 Å². The van der Waals surface area contributed by atoms with Crippen molar-refractivity contribution in [3.8, 4) is 22.3 Å². The highest BCUT2D eigenvalue weighted by atomic mass is 32.1. The first-order valence-electron chi connectivity index (χ1n) is 11.0. The highest BCUT2D eigenvalue weighted by molar-refractivity contribution is 7.17. The van der Waals surface area contributed by atoms with Crippen LogP contribution in [0.1, 0.15) is 26.6 Å². The first-order valence-corrected chi connectivity index (χ1v) is 11.9. The minimum atomic E-state index is 0.0809. The van der Waals surface area contributed by atoms with Gasteiger partial charge in [0.15, 0.2) is 0 Å². The average Bonchev–Trinajstić information content (AvgIpc) is 3.25. The Balaban J connectivity index is 1.74. The Morgan fingerprint density at radius 2 is 1.55 bits per heavy atom. The topological polar surface area (TPSA) is 38.1 Å². The monoisotopic (exact) mass is 431 g/mol. The molecule has 0 saturated carbocycles. The summed E-state index contributed by atoms with van der Waals surface area (Å²) in [5.41, 5.74) is 4.49. The van der Waals surface area contributed by atoms with Crippen molar-refractivity contribution in [2.75, 3.05) is 19.6 Å². The Hall–Kier alpha value is -2.76. The van der Waals surface area contributed by atoms with E-state index in [2.05, 4.69) is 67.4 Å². The molecule has 0 N–H and O–H groups in total. The molecule has 2 heterocycles. The number of nitrogens with zero attached hydrogens (tertiary/aromatic N) is 3. The van der Waals surface area contributed by atoms with Gasteiger partial charge in [0, 0.05) is 30.5 Å². The molecule has 0 unspecified atom stereocenters. The first-order chi connectivity index (χ1) is 15.2. The molecule has 0 saturated heterocycles. The van der Waals surface area contributed by atoms with Gasteiger partial charge in [-0.3, -0.25) is 9.36 Å². The molecule has 0 bridgehead atoms. The summed E-state index contributed by atoms with van der Waals surface area (Å²) < 4.78 is 1.88. The zero-order chi connectivity index (χ0) is 21.8. The first kappa shape index (κ1) is 21.5. The molecule has 0 radical (unpaired) electrons. The van der Waals surface area contributed by atoms with Crippen LogP contribution in [0.15, 0.2) is 64.8 Å². The molecule has 0 atom stereocenters. The summed E-state index contributed by atoms with van der Waals surface area (Å²) >= 11 is 1.56. The van der Waals surface area contributed by atoms with Crippen LogP contribution < -0.4 is 5.56 Å². The number of aromatic nitrogens is 2. The summed E-state index contributed by atoms with van der Waals surface area (Å²) in [4.78, 5) is 21.6. The second-order valence-corrected chi connectivity index (χ2v) is 8.50. The van der Waals surface area contributed by atoms with Gasteiger partial charge in [0.05, 0.1) is 5.39 Å². The van der Waals surface area contributed by atoms with Crippen LogP contribution in [0, 0.1) is 0 Å². The number of hydrogen-bond acceptors (Lipinski definition) is 4. The third kappa shape index (κ3) is 4.34. The zero-order valence-electron chi connectivity index (χ0n) is 18.5. The Bertz CT molecular complexity index is 1210. The largest absolute Gasteiger partial charge is 0.302 e. The third-order valence-electron chi connectivity index (χ3n) is 5.93. The van der Waals surface area contributed by atoms with E-state index in [1.165, 1.54) is 11.1 Å². The molecule has 4 nitrogen and oxygen atoms in total. The highest BCUT2D eigenvalue weighted by Crippen LogP contribution is 2.32. The number of hydrogen-bond donors (Lipinski definition) is 0. The molecule has 5 heteroatoms. The van der Waals surface area contributed by atoms with Crippen LogP contribution in [0.2, 0.25) is 0 Å². The van der Waals surface area contributed by atoms with E-state index in [9.17, 15) is 4.79 Å². The van der Waals surface area contributed by atoms with E-state index in [1.807, 2.05) is 22.8 Å². The fourth-order valence-electron chi connectivity index (χ4n) is 4.03. The number of benzene rings is 2. The van der Waals surface area contributed by atoms with E-state index < -0.39 is 0 Å². The fourth-order valence-corrected chi connectivity index (χ4v) is 4.99. The summed E-state index contributed by atoms with van der Waals surface area (Å²) in [6.45, 7) is 9.89. The van der Waals surface area contributed by atoms with E-state index in [4.69, 9.17) is 4.98 Å². The molecular formula is C26H29N3OS. The molecule has 0 amide bonds. The summed E-state index contributed by atoms with van der Waals surface area (Å²) in [6.07, 6.45) is 0.752. The van der Waals surface area contributed by atoms with Crippen molar-refractivity contribution in [1.29, 1.82) is 0 Å². The minimum Gasteiger partial charge on any atom is -0.302 e. The smallest absolute Gasteiger partial charge is 0.262 e. The number of fused-ring (bicyclic) bond motifs is 1. The van der Waals surface area contributed by atoms with E-state index >= 15 is 0 Å². The van der Waals surface area contributed by atoms with E-state index in [1.54, 1.807) is 11.3 Å². The number of thiophene rings is 1.